The van der Waals surface area contributed by atoms with E-state index >= 15 is 0 Å². The number of hydrogen-bond donors (Lipinski definition) is 2. The summed E-state index contributed by atoms with van der Waals surface area (Å²) in [6.45, 7) is 2.76. The summed E-state index contributed by atoms with van der Waals surface area (Å²) in [7, 11) is 0. The highest BCUT2D eigenvalue weighted by molar-refractivity contribution is 5.96. The summed E-state index contributed by atoms with van der Waals surface area (Å²) in [6.07, 6.45) is 1.77. The number of β-amino-alcohol motifs (C(OH)–C–C–N with tert-alkyl or cyclic N) is 1. The number of rotatable bonds is 1. The largest absolute Gasteiger partial charge is 0.397 e. The molecule has 0 unspecified atom stereocenters. The van der Waals surface area contributed by atoms with Crippen molar-refractivity contribution in [1.29, 1.82) is 0 Å². The Morgan fingerprint density at radius 1 is 1.69 bits per heavy atom. The molecule has 0 bridgehead atoms. The molecule has 16 heavy (non-hydrogen) atoms. The van der Waals surface area contributed by atoms with Crippen LogP contribution in [-0.4, -0.2) is 40.1 Å². The standard InChI is InChI=1S/C11H15N3O2/c1-7-10(4-8(12)5-13-7)11(16)14-3-2-9(15)6-14/h4-5,9,15H,2-3,6,12H2,1H3/t9-/m1/s1. The Morgan fingerprint density at radius 2 is 2.44 bits per heavy atom. The Hall–Kier alpha value is -1.62. The van der Waals surface area contributed by atoms with Crippen LogP contribution in [0, 0.1) is 6.92 Å². The Labute approximate surface area is 93.9 Å². The van der Waals surface area contributed by atoms with Gasteiger partial charge in [-0.05, 0) is 19.4 Å². The van der Waals surface area contributed by atoms with Crippen LogP contribution >= 0.6 is 0 Å². The lowest BCUT2D eigenvalue weighted by molar-refractivity contribution is 0.0764. The van der Waals surface area contributed by atoms with E-state index in [2.05, 4.69) is 4.98 Å². The van der Waals surface area contributed by atoms with Crippen LogP contribution in [0.2, 0.25) is 0 Å². The van der Waals surface area contributed by atoms with Crippen LogP contribution in [0.3, 0.4) is 0 Å². The van der Waals surface area contributed by atoms with Gasteiger partial charge in [-0.25, -0.2) is 0 Å². The number of amides is 1. The number of aryl methyl sites for hydroxylation is 1. The Kier molecular flexibility index (Phi) is 2.78. The molecule has 0 aliphatic carbocycles. The third-order valence-corrected chi connectivity index (χ3v) is 2.79. The van der Waals surface area contributed by atoms with Crippen molar-refractivity contribution in [2.75, 3.05) is 18.8 Å². The van der Waals surface area contributed by atoms with E-state index in [1.54, 1.807) is 17.9 Å². The summed E-state index contributed by atoms with van der Waals surface area (Å²) in [5, 5.41) is 9.39. The van der Waals surface area contributed by atoms with Crippen LogP contribution in [0.25, 0.3) is 0 Å². The van der Waals surface area contributed by atoms with E-state index in [1.165, 1.54) is 6.20 Å². The zero-order valence-corrected chi connectivity index (χ0v) is 9.18. The number of aromatic nitrogens is 1. The maximum atomic E-state index is 12.1. The van der Waals surface area contributed by atoms with Gasteiger partial charge in [0, 0.05) is 13.1 Å². The Balaban J connectivity index is 2.23. The third kappa shape index (κ3) is 1.99. The first-order valence-electron chi connectivity index (χ1n) is 5.27. The highest BCUT2D eigenvalue weighted by Crippen LogP contribution is 2.16. The van der Waals surface area contributed by atoms with Crippen molar-refractivity contribution < 1.29 is 9.90 Å². The number of carbonyl (C=O) groups excluding carboxylic acids is 1. The van der Waals surface area contributed by atoms with E-state index in [-0.39, 0.29) is 5.91 Å². The van der Waals surface area contributed by atoms with Gasteiger partial charge in [0.25, 0.3) is 5.91 Å². The van der Waals surface area contributed by atoms with Crippen molar-refractivity contribution in [3.05, 3.63) is 23.5 Å². The summed E-state index contributed by atoms with van der Waals surface area (Å²) >= 11 is 0. The molecule has 1 fully saturated rings. The first kappa shape index (κ1) is 10.9. The van der Waals surface area contributed by atoms with Crippen molar-refractivity contribution in [2.45, 2.75) is 19.4 Å². The summed E-state index contributed by atoms with van der Waals surface area (Å²) in [6, 6.07) is 1.63. The summed E-state index contributed by atoms with van der Waals surface area (Å²) in [5.74, 6) is -0.103. The highest BCUT2D eigenvalue weighted by Gasteiger charge is 2.26. The van der Waals surface area contributed by atoms with Gasteiger partial charge < -0.3 is 15.7 Å². The van der Waals surface area contributed by atoms with Gasteiger partial charge in [-0.1, -0.05) is 0 Å². The summed E-state index contributed by atoms with van der Waals surface area (Å²) < 4.78 is 0. The van der Waals surface area contributed by atoms with Crippen molar-refractivity contribution in [3.63, 3.8) is 0 Å². The number of nitrogen functional groups attached to an aromatic ring is 1. The van der Waals surface area contributed by atoms with E-state index in [0.29, 0.717) is 36.5 Å². The van der Waals surface area contributed by atoms with Crippen molar-refractivity contribution in [3.8, 4) is 0 Å². The number of likely N-dealkylation sites (tertiary alicyclic amines) is 1. The van der Waals surface area contributed by atoms with Gasteiger partial charge in [-0.2, -0.15) is 0 Å². The molecule has 2 rings (SSSR count). The second kappa shape index (κ2) is 4.09. The van der Waals surface area contributed by atoms with Gasteiger partial charge in [-0.3, -0.25) is 9.78 Å². The number of aliphatic hydroxyl groups is 1. The minimum absolute atomic E-state index is 0.103. The van der Waals surface area contributed by atoms with E-state index in [9.17, 15) is 9.90 Å². The second-order valence-corrected chi connectivity index (χ2v) is 4.10. The fourth-order valence-electron chi connectivity index (χ4n) is 1.86. The van der Waals surface area contributed by atoms with Crippen LogP contribution in [0.5, 0.6) is 0 Å². The van der Waals surface area contributed by atoms with Gasteiger partial charge in [0.05, 0.1) is 29.2 Å². The van der Waals surface area contributed by atoms with Gasteiger partial charge >= 0.3 is 0 Å². The van der Waals surface area contributed by atoms with Crippen LogP contribution in [0.15, 0.2) is 12.3 Å². The number of nitrogens with two attached hydrogens (primary N) is 1. The lowest BCUT2D eigenvalue weighted by Crippen LogP contribution is -2.30. The highest BCUT2D eigenvalue weighted by atomic mass is 16.3. The van der Waals surface area contributed by atoms with Crippen molar-refractivity contribution in [2.24, 2.45) is 0 Å². The molecule has 0 saturated carbocycles. The second-order valence-electron chi connectivity index (χ2n) is 4.10. The maximum absolute atomic E-state index is 12.1. The third-order valence-electron chi connectivity index (χ3n) is 2.79. The molecule has 1 aromatic heterocycles. The Morgan fingerprint density at radius 3 is 3.06 bits per heavy atom. The molecule has 0 spiro atoms. The van der Waals surface area contributed by atoms with Crippen LogP contribution in [0.1, 0.15) is 22.5 Å². The average Bonchev–Trinajstić information content (AvgIpc) is 2.67. The molecule has 5 nitrogen and oxygen atoms in total. The first-order valence-corrected chi connectivity index (χ1v) is 5.27. The van der Waals surface area contributed by atoms with Gasteiger partial charge in [0.2, 0.25) is 0 Å². The van der Waals surface area contributed by atoms with Crippen LogP contribution in [0.4, 0.5) is 5.69 Å². The lowest BCUT2D eigenvalue weighted by atomic mass is 10.1. The van der Waals surface area contributed by atoms with E-state index in [0.717, 1.165) is 0 Å². The molecular weight excluding hydrogens is 206 g/mol. The van der Waals surface area contributed by atoms with Crippen molar-refractivity contribution in [1.82, 2.24) is 9.88 Å². The molecular formula is C11H15N3O2. The number of aliphatic hydroxyl groups excluding tert-OH is 1. The quantitative estimate of drug-likeness (QED) is 0.709. The van der Waals surface area contributed by atoms with Crippen LogP contribution in [-0.2, 0) is 0 Å². The molecule has 1 amide bonds. The predicted octanol–water partition coefficient (Wildman–Crippen LogP) is 0.179. The molecule has 0 radical (unpaired) electrons. The smallest absolute Gasteiger partial charge is 0.255 e. The molecule has 86 valence electrons. The molecule has 1 aliphatic heterocycles. The number of anilines is 1. The van der Waals surface area contributed by atoms with Gasteiger partial charge in [0.1, 0.15) is 0 Å². The van der Waals surface area contributed by atoms with E-state index in [4.69, 9.17) is 5.73 Å². The minimum atomic E-state index is -0.404. The fraction of sp³-hybridized carbons (Fsp3) is 0.455. The molecule has 2 heterocycles. The summed E-state index contributed by atoms with van der Waals surface area (Å²) in [4.78, 5) is 17.8. The number of carbonyl (C=O) groups is 1. The first-order chi connectivity index (χ1) is 7.58. The van der Waals surface area contributed by atoms with E-state index in [1.807, 2.05) is 0 Å². The maximum Gasteiger partial charge on any atom is 0.255 e. The monoisotopic (exact) mass is 221 g/mol. The minimum Gasteiger partial charge on any atom is -0.397 e. The summed E-state index contributed by atoms with van der Waals surface area (Å²) in [5.41, 5.74) is 7.28. The Bertz CT molecular complexity index is 420. The topological polar surface area (TPSA) is 79.5 Å². The normalized spacial score (nSPS) is 20.1. The molecule has 3 N–H and O–H groups in total. The SMILES string of the molecule is Cc1ncc(N)cc1C(=O)N1CC[C@@H](O)C1. The molecule has 1 aromatic rings. The zero-order valence-electron chi connectivity index (χ0n) is 9.18. The van der Waals surface area contributed by atoms with Crippen LogP contribution < -0.4 is 5.73 Å². The van der Waals surface area contributed by atoms with Crippen molar-refractivity contribution >= 4 is 11.6 Å². The molecule has 0 aromatic carbocycles. The number of nitrogens with zero attached hydrogens (tertiary/aromatic N) is 2. The zero-order chi connectivity index (χ0) is 11.7. The lowest BCUT2D eigenvalue weighted by Gasteiger charge is -2.16. The predicted molar refractivity (Wildman–Crippen MR) is 59.9 cm³/mol. The van der Waals surface area contributed by atoms with Gasteiger partial charge in [0.15, 0.2) is 0 Å². The molecule has 1 aliphatic rings. The average molecular weight is 221 g/mol. The molecule has 1 atom stereocenters. The fourth-order valence-corrected chi connectivity index (χ4v) is 1.86. The number of hydrogen-bond acceptors (Lipinski definition) is 4. The van der Waals surface area contributed by atoms with E-state index < -0.39 is 6.10 Å². The van der Waals surface area contributed by atoms with Gasteiger partial charge in [-0.15, -0.1) is 0 Å². The molecule has 1 saturated heterocycles. The number of pyridine rings is 1. The molecule has 5 heteroatoms.